The molecule has 0 fully saturated rings. The standard InChI is InChI=1S/C21H19ClN2O4/c1-13-7-8-14-10-15(20(22)24-17(14)9-13)12-28-19(25)11-23-21(26)16-5-3-4-6-18(16)27-2/h3-10H,11-12H2,1-2H3,(H,23,26). The van der Waals surface area contributed by atoms with Crippen LogP contribution in [-0.4, -0.2) is 30.5 Å². The Morgan fingerprint density at radius 3 is 2.71 bits per heavy atom. The minimum atomic E-state index is -0.580. The number of benzene rings is 2. The second kappa shape index (κ2) is 8.71. The SMILES string of the molecule is COc1ccccc1C(=O)NCC(=O)OCc1cc2ccc(C)cc2nc1Cl. The highest BCUT2D eigenvalue weighted by Crippen LogP contribution is 2.22. The van der Waals surface area contributed by atoms with Crippen LogP contribution in [0.4, 0.5) is 0 Å². The summed E-state index contributed by atoms with van der Waals surface area (Å²) in [6, 6.07) is 14.4. The molecule has 0 saturated carbocycles. The lowest BCUT2D eigenvalue weighted by Gasteiger charge is -2.10. The van der Waals surface area contributed by atoms with E-state index >= 15 is 0 Å². The lowest BCUT2D eigenvalue weighted by Crippen LogP contribution is -2.30. The predicted molar refractivity (Wildman–Crippen MR) is 107 cm³/mol. The van der Waals surface area contributed by atoms with Crippen molar-refractivity contribution in [3.63, 3.8) is 0 Å². The molecule has 1 aromatic heterocycles. The Morgan fingerprint density at radius 2 is 1.93 bits per heavy atom. The molecule has 1 heterocycles. The number of rotatable bonds is 6. The van der Waals surface area contributed by atoms with Gasteiger partial charge in [-0.25, -0.2) is 4.98 Å². The first kappa shape index (κ1) is 19.6. The molecule has 0 aliphatic heterocycles. The Morgan fingerprint density at radius 1 is 1.14 bits per heavy atom. The summed E-state index contributed by atoms with van der Waals surface area (Å²) in [6.45, 7) is 1.68. The topological polar surface area (TPSA) is 77.5 Å². The van der Waals surface area contributed by atoms with Crippen molar-refractivity contribution in [1.82, 2.24) is 10.3 Å². The highest BCUT2D eigenvalue weighted by Gasteiger charge is 2.14. The number of halogens is 1. The minimum Gasteiger partial charge on any atom is -0.496 e. The van der Waals surface area contributed by atoms with Gasteiger partial charge in [-0.15, -0.1) is 0 Å². The Balaban J connectivity index is 1.58. The van der Waals surface area contributed by atoms with Gasteiger partial charge in [-0.2, -0.15) is 0 Å². The van der Waals surface area contributed by atoms with Gasteiger partial charge in [0.1, 0.15) is 24.1 Å². The molecule has 0 aliphatic rings. The van der Waals surface area contributed by atoms with Crippen LogP contribution in [0.1, 0.15) is 21.5 Å². The zero-order valence-electron chi connectivity index (χ0n) is 15.5. The molecule has 2 aromatic carbocycles. The molecule has 6 nitrogen and oxygen atoms in total. The zero-order chi connectivity index (χ0) is 20.1. The van der Waals surface area contributed by atoms with Crippen LogP contribution in [0.15, 0.2) is 48.5 Å². The molecule has 28 heavy (non-hydrogen) atoms. The highest BCUT2D eigenvalue weighted by molar-refractivity contribution is 6.30. The second-order valence-electron chi connectivity index (χ2n) is 6.18. The Kier molecular flexibility index (Phi) is 6.11. The van der Waals surface area contributed by atoms with Gasteiger partial charge < -0.3 is 14.8 Å². The van der Waals surface area contributed by atoms with Gasteiger partial charge in [-0.05, 0) is 36.8 Å². The van der Waals surface area contributed by atoms with Gasteiger partial charge in [0.2, 0.25) is 0 Å². The maximum atomic E-state index is 12.2. The lowest BCUT2D eigenvalue weighted by atomic mass is 10.1. The quantitative estimate of drug-likeness (QED) is 0.506. The van der Waals surface area contributed by atoms with E-state index in [1.807, 2.05) is 31.2 Å². The summed E-state index contributed by atoms with van der Waals surface area (Å²) in [5, 5.41) is 3.71. The minimum absolute atomic E-state index is 0.0288. The third-order valence-electron chi connectivity index (χ3n) is 4.13. The van der Waals surface area contributed by atoms with Crippen LogP contribution in [0.25, 0.3) is 10.9 Å². The molecule has 7 heteroatoms. The lowest BCUT2D eigenvalue weighted by molar-refractivity contribution is -0.143. The first-order chi connectivity index (χ1) is 13.5. The van der Waals surface area contributed by atoms with Crippen molar-refractivity contribution in [2.75, 3.05) is 13.7 Å². The number of nitrogens with one attached hydrogen (secondary N) is 1. The summed E-state index contributed by atoms with van der Waals surface area (Å²) in [7, 11) is 1.48. The molecular weight excluding hydrogens is 380 g/mol. The molecule has 3 aromatic rings. The molecule has 0 atom stereocenters. The molecule has 1 N–H and O–H groups in total. The maximum absolute atomic E-state index is 12.2. The molecule has 0 unspecified atom stereocenters. The number of pyridine rings is 1. The molecule has 3 rings (SSSR count). The third-order valence-corrected chi connectivity index (χ3v) is 4.46. The van der Waals surface area contributed by atoms with Crippen molar-refractivity contribution in [3.05, 3.63) is 70.4 Å². The number of amides is 1. The third kappa shape index (κ3) is 4.58. The van der Waals surface area contributed by atoms with E-state index in [0.717, 1.165) is 16.5 Å². The van der Waals surface area contributed by atoms with Gasteiger partial charge in [0.15, 0.2) is 0 Å². The van der Waals surface area contributed by atoms with Crippen molar-refractivity contribution >= 4 is 34.4 Å². The molecular formula is C21H19ClN2O4. The zero-order valence-corrected chi connectivity index (χ0v) is 16.2. The number of esters is 1. The molecule has 144 valence electrons. The number of para-hydroxylation sites is 1. The van der Waals surface area contributed by atoms with E-state index in [9.17, 15) is 9.59 Å². The number of hydrogen-bond acceptors (Lipinski definition) is 5. The normalized spacial score (nSPS) is 10.5. The second-order valence-corrected chi connectivity index (χ2v) is 6.54. The van der Waals surface area contributed by atoms with E-state index in [0.29, 0.717) is 16.9 Å². The molecule has 1 amide bonds. The predicted octanol–water partition coefficient (Wildman–Crippen LogP) is 3.68. The largest absolute Gasteiger partial charge is 0.496 e. The van der Waals surface area contributed by atoms with Crippen molar-refractivity contribution in [2.45, 2.75) is 13.5 Å². The summed E-state index contributed by atoms with van der Waals surface area (Å²) in [6.07, 6.45) is 0. The van der Waals surface area contributed by atoms with Crippen LogP contribution in [0, 0.1) is 6.92 Å². The van der Waals surface area contributed by atoms with Crippen LogP contribution in [0.3, 0.4) is 0 Å². The molecule has 0 saturated heterocycles. The van der Waals surface area contributed by atoms with Gasteiger partial charge in [-0.3, -0.25) is 9.59 Å². The Labute approximate surface area is 167 Å². The van der Waals surface area contributed by atoms with Crippen LogP contribution < -0.4 is 10.1 Å². The number of carbonyl (C=O) groups is 2. The first-order valence-corrected chi connectivity index (χ1v) is 8.98. The van der Waals surface area contributed by atoms with E-state index in [-0.39, 0.29) is 18.3 Å². The Hall–Kier alpha value is -3.12. The fraction of sp³-hybridized carbons (Fsp3) is 0.190. The number of carbonyl (C=O) groups excluding carboxylic acids is 2. The summed E-state index contributed by atoms with van der Waals surface area (Å²) < 4.78 is 10.4. The molecule has 0 bridgehead atoms. The summed E-state index contributed by atoms with van der Waals surface area (Å²) >= 11 is 6.19. The van der Waals surface area contributed by atoms with Gasteiger partial charge in [0.05, 0.1) is 18.2 Å². The van der Waals surface area contributed by atoms with E-state index < -0.39 is 11.9 Å². The highest BCUT2D eigenvalue weighted by atomic mass is 35.5. The van der Waals surface area contributed by atoms with Crippen molar-refractivity contribution < 1.29 is 19.1 Å². The van der Waals surface area contributed by atoms with Crippen molar-refractivity contribution in [3.8, 4) is 5.75 Å². The van der Waals surface area contributed by atoms with Crippen LogP contribution in [-0.2, 0) is 16.1 Å². The number of nitrogens with zero attached hydrogens (tertiary/aromatic N) is 1. The smallest absolute Gasteiger partial charge is 0.325 e. The van der Waals surface area contributed by atoms with E-state index in [1.165, 1.54) is 7.11 Å². The van der Waals surface area contributed by atoms with Crippen molar-refractivity contribution in [1.29, 1.82) is 0 Å². The average Bonchev–Trinajstić information content (AvgIpc) is 2.70. The Bertz CT molecular complexity index is 1040. The summed E-state index contributed by atoms with van der Waals surface area (Å²) in [5.41, 5.74) is 2.81. The summed E-state index contributed by atoms with van der Waals surface area (Å²) in [4.78, 5) is 28.5. The van der Waals surface area contributed by atoms with Gasteiger partial charge in [0, 0.05) is 10.9 Å². The molecule has 0 spiro atoms. The number of methoxy groups -OCH3 is 1. The summed E-state index contributed by atoms with van der Waals surface area (Å²) in [5.74, 6) is -0.573. The maximum Gasteiger partial charge on any atom is 0.325 e. The number of aryl methyl sites for hydroxylation is 1. The van der Waals surface area contributed by atoms with Crippen molar-refractivity contribution in [2.24, 2.45) is 0 Å². The fourth-order valence-corrected chi connectivity index (χ4v) is 2.89. The monoisotopic (exact) mass is 398 g/mol. The number of ether oxygens (including phenoxy) is 2. The van der Waals surface area contributed by atoms with E-state index in [2.05, 4.69) is 10.3 Å². The fourth-order valence-electron chi connectivity index (χ4n) is 2.69. The average molecular weight is 399 g/mol. The van der Waals surface area contributed by atoms with Gasteiger partial charge in [-0.1, -0.05) is 35.9 Å². The first-order valence-electron chi connectivity index (χ1n) is 8.60. The molecule has 0 aliphatic carbocycles. The van der Waals surface area contributed by atoms with Crippen LogP contribution in [0.5, 0.6) is 5.75 Å². The van der Waals surface area contributed by atoms with Gasteiger partial charge >= 0.3 is 5.97 Å². The number of aromatic nitrogens is 1. The van der Waals surface area contributed by atoms with Crippen LogP contribution >= 0.6 is 11.6 Å². The molecule has 0 radical (unpaired) electrons. The van der Waals surface area contributed by atoms with Gasteiger partial charge in [0.25, 0.3) is 5.91 Å². The van der Waals surface area contributed by atoms with E-state index in [1.54, 1.807) is 24.3 Å². The van der Waals surface area contributed by atoms with Crippen LogP contribution in [0.2, 0.25) is 5.15 Å². The van der Waals surface area contributed by atoms with E-state index in [4.69, 9.17) is 21.1 Å². The number of hydrogen-bond donors (Lipinski definition) is 1. The number of fused-ring (bicyclic) bond motifs is 1.